The van der Waals surface area contributed by atoms with Gasteiger partial charge in [-0.3, -0.25) is 14.5 Å². The Kier molecular flexibility index (Phi) is 3.74. The van der Waals surface area contributed by atoms with E-state index < -0.39 is 23.4 Å². The number of benzene rings is 1. The quantitative estimate of drug-likeness (QED) is 0.658. The van der Waals surface area contributed by atoms with Gasteiger partial charge >= 0.3 is 12.0 Å². The molecule has 1 aliphatic heterocycles. The van der Waals surface area contributed by atoms with Gasteiger partial charge in [-0.2, -0.15) is 0 Å². The van der Waals surface area contributed by atoms with Crippen LogP contribution >= 0.6 is 0 Å². The predicted octanol–water partition coefficient (Wildman–Crippen LogP) is 1.02. The number of nitrogens with one attached hydrogen (secondary N) is 1. The third kappa shape index (κ3) is 2.13. The molecular weight excluding hydrogens is 260 g/mol. The number of carbonyl (C=O) groups excluding carboxylic acids is 3. The Morgan fingerprint density at radius 1 is 1.30 bits per heavy atom. The minimum absolute atomic E-state index is 0.379. The van der Waals surface area contributed by atoms with Crippen LogP contribution in [0.15, 0.2) is 30.3 Å². The lowest BCUT2D eigenvalue weighted by atomic mass is 9.87. The molecule has 2 rings (SSSR count). The summed E-state index contributed by atoms with van der Waals surface area (Å²) in [6, 6.07) is 8.42. The van der Waals surface area contributed by atoms with Gasteiger partial charge in [0.25, 0.3) is 5.91 Å². The lowest BCUT2D eigenvalue weighted by molar-refractivity contribution is -0.145. The molecule has 0 saturated carbocycles. The number of nitrogens with zero attached hydrogens (tertiary/aromatic N) is 1. The van der Waals surface area contributed by atoms with Gasteiger partial charge in [0.05, 0.1) is 7.11 Å². The summed E-state index contributed by atoms with van der Waals surface area (Å²) >= 11 is 0. The fourth-order valence-electron chi connectivity index (χ4n) is 2.33. The highest BCUT2D eigenvalue weighted by atomic mass is 16.5. The molecule has 1 atom stereocenters. The van der Waals surface area contributed by atoms with Gasteiger partial charge in [0.15, 0.2) is 0 Å². The molecule has 0 aliphatic carbocycles. The van der Waals surface area contributed by atoms with Gasteiger partial charge in [-0.25, -0.2) is 4.79 Å². The number of methoxy groups -OCH3 is 1. The number of esters is 1. The van der Waals surface area contributed by atoms with Crippen LogP contribution in [0.25, 0.3) is 0 Å². The average molecular weight is 276 g/mol. The minimum Gasteiger partial charge on any atom is -0.468 e. The SMILES string of the molecule is CCC1(c2ccccc2)NC(=O)N(CC(=O)OC)C1=O. The van der Waals surface area contributed by atoms with Gasteiger partial charge in [0.2, 0.25) is 0 Å². The molecule has 0 bridgehead atoms. The van der Waals surface area contributed by atoms with E-state index in [9.17, 15) is 14.4 Å². The van der Waals surface area contributed by atoms with Crippen LogP contribution in [-0.4, -0.2) is 36.5 Å². The molecule has 1 aliphatic rings. The highest BCUT2D eigenvalue weighted by Crippen LogP contribution is 2.32. The number of imide groups is 1. The molecule has 106 valence electrons. The summed E-state index contributed by atoms with van der Waals surface area (Å²) in [4.78, 5) is 36.7. The molecule has 1 heterocycles. The van der Waals surface area contributed by atoms with Crippen LogP contribution in [-0.2, 0) is 19.9 Å². The first kappa shape index (κ1) is 14.0. The van der Waals surface area contributed by atoms with Gasteiger partial charge in [0.1, 0.15) is 12.1 Å². The normalized spacial score (nSPS) is 21.8. The summed E-state index contributed by atoms with van der Waals surface area (Å²) in [6.45, 7) is 1.43. The second-order valence-corrected chi connectivity index (χ2v) is 4.52. The minimum atomic E-state index is -1.10. The second kappa shape index (κ2) is 5.32. The van der Waals surface area contributed by atoms with Crippen molar-refractivity contribution >= 4 is 17.9 Å². The Hall–Kier alpha value is -2.37. The Bertz CT molecular complexity index is 543. The molecule has 1 saturated heterocycles. The van der Waals surface area contributed by atoms with E-state index in [1.54, 1.807) is 24.3 Å². The van der Waals surface area contributed by atoms with Crippen molar-refractivity contribution in [3.05, 3.63) is 35.9 Å². The molecule has 20 heavy (non-hydrogen) atoms. The van der Waals surface area contributed by atoms with Crippen molar-refractivity contribution in [3.63, 3.8) is 0 Å². The summed E-state index contributed by atoms with van der Waals surface area (Å²) in [7, 11) is 1.21. The van der Waals surface area contributed by atoms with Gasteiger partial charge in [0, 0.05) is 0 Å². The number of hydrogen-bond acceptors (Lipinski definition) is 4. The van der Waals surface area contributed by atoms with Crippen molar-refractivity contribution in [2.45, 2.75) is 18.9 Å². The number of amides is 3. The lowest BCUT2D eigenvalue weighted by Crippen LogP contribution is -2.43. The fourth-order valence-corrected chi connectivity index (χ4v) is 2.33. The third-order valence-corrected chi connectivity index (χ3v) is 3.49. The van der Waals surface area contributed by atoms with E-state index in [-0.39, 0.29) is 6.54 Å². The van der Waals surface area contributed by atoms with Crippen molar-refractivity contribution in [3.8, 4) is 0 Å². The summed E-state index contributed by atoms with van der Waals surface area (Å²) in [5.74, 6) is -1.06. The van der Waals surface area contributed by atoms with Crippen LogP contribution in [0.5, 0.6) is 0 Å². The van der Waals surface area contributed by atoms with E-state index in [0.29, 0.717) is 12.0 Å². The molecule has 0 spiro atoms. The Morgan fingerprint density at radius 2 is 1.95 bits per heavy atom. The van der Waals surface area contributed by atoms with Crippen LogP contribution in [0.4, 0.5) is 4.79 Å². The standard InChI is InChI=1S/C14H16N2O4/c1-3-14(10-7-5-4-6-8-10)12(18)16(13(19)15-14)9-11(17)20-2/h4-8H,3,9H2,1-2H3,(H,15,19). The number of ether oxygens (including phenoxy) is 1. The fraction of sp³-hybridized carbons (Fsp3) is 0.357. The molecule has 6 heteroatoms. The van der Waals surface area contributed by atoms with Crippen molar-refractivity contribution in [1.29, 1.82) is 0 Å². The summed E-state index contributed by atoms with van der Waals surface area (Å²) < 4.78 is 4.50. The Morgan fingerprint density at radius 3 is 2.50 bits per heavy atom. The maximum absolute atomic E-state index is 12.6. The molecule has 1 aromatic rings. The van der Waals surface area contributed by atoms with Crippen LogP contribution in [0.2, 0.25) is 0 Å². The van der Waals surface area contributed by atoms with Crippen molar-refractivity contribution in [2.24, 2.45) is 0 Å². The number of hydrogen-bond donors (Lipinski definition) is 1. The highest BCUT2D eigenvalue weighted by Gasteiger charge is 2.51. The topological polar surface area (TPSA) is 75.7 Å². The molecule has 1 aromatic carbocycles. The zero-order chi connectivity index (χ0) is 14.8. The predicted molar refractivity (Wildman–Crippen MR) is 70.7 cm³/mol. The molecule has 0 radical (unpaired) electrons. The monoisotopic (exact) mass is 276 g/mol. The summed E-state index contributed by atoms with van der Waals surface area (Å²) in [6.07, 6.45) is 0.402. The zero-order valence-corrected chi connectivity index (χ0v) is 11.4. The van der Waals surface area contributed by atoms with Crippen LogP contribution in [0.1, 0.15) is 18.9 Å². The summed E-state index contributed by atoms with van der Waals surface area (Å²) in [5.41, 5.74) is -0.403. The highest BCUT2D eigenvalue weighted by molar-refractivity contribution is 6.09. The van der Waals surface area contributed by atoms with Crippen molar-refractivity contribution < 1.29 is 19.1 Å². The first-order chi connectivity index (χ1) is 9.55. The van der Waals surface area contributed by atoms with E-state index in [2.05, 4.69) is 10.1 Å². The molecule has 6 nitrogen and oxygen atoms in total. The van der Waals surface area contributed by atoms with Gasteiger partial charge in [-0.15, -0.1) is 0 Å². The van der Waals surface area contributed by atoms with Gasteiger partial charge in [-0.1, -0.05) is 37.3 Å². The van der Waals surface area contributed by atoms with Gasteiger partial charge in [-0.05, 0) is 12.0 Å². The Labute approximate surface area is 116 Å². The van der Waals surface area contributed by atoms with Gasteiger partial charge < -0.3 is 10.1 Å². The van der Waals surface area contributed by atoms with Crippen LogP contribution < -0.4 is 5.32 Å². The van der Waals surface area contributed by atoms with E-state index in [1.165, 1.54) is 7.11 Å². The molecule has 0 aromatic heterocycles. The molecular formula is C14H16N2O4. The van der Waals surface area contributed by atoms with E-state index in [0.717, 1.165) is 4.90 Å². The summed E-state index contributed by atoms with van der Waals surface area (Å²) in [5, 5.41) is 2.69. The smallest absolute Gasteiger partial charge is 0.325 e. The third-order valence-electron chi connectivity index (χ3n) is 3.49. The van der Waals surface area contributed by atoms with E-state index in [4.69, 9.17) is 0 Å². The van der Waals surface area contributed by atoms with Crippen LogP contribution in [0, 0.1) is 0 Å². The average Bonchev–Trinajstić information content (AvgIpc) is 2.73. The van der Waals surface area contributed by atoms with E-state index in [1.807, 2.05) is 13.0 Å². The number of urea groups is 1. The molecule has 1 fully saturated rings. The second-order valence-electron chi connectivity index (χ2n) is 4.52. The number of rotatable bonds is 4. The number of carbonyl (C=O) groups is 3. The van der Waals surface area contributed by atoms with E-state index >= 15 is 0 Å². The van der Waals surface area contributed by atoms with Crippen LogP contribution in [0.3, 0.4) is 0 Å². The van der Waals surface area contributed by atoms with Crippen molar-refractivity contribution in [1.82, 2.24) is 10.2 Å². The molecule has 1 unspecified atom stereocenters. The maximum Gasteiger partial charge on any atom is 0.325 e. The van der Waals surface area contributed by atoms with Crippen molar-refractivity contribution in [2.75, 3.05) is 13.7 Å². The zero-order valence-electron chi connectivity index (χ0n) is 11.4. The lowest BCUT2D eigenvalue weighted by Gasteiger charge is -2.25. The largest absolute Gasteiger partial charge is 0.468 e. The first-order valence-electron chi connectivity index (χ1n) is 6.31. The molecule has 1 N–H and O–H groups in total. The Balaban J connectivity index is 2.36. The maximum atomic E-state index is 12.6. The molecule has 3 amide bonds. The first-order valence-corrected chi connectivity index (χ1v) is 6.31.